The summed E-state index contributed by atoms with van der Waals surface area (Å²) in [6.07, 6.45) is -1.40. The van der Waals surface area contributed by atoms with Gasteiger partial charge in [-0.1, -0.05) is 0 Å². The summed E-state index contributed by atoms with van der Waals surface area (Å²) in [5.74, 6) is -4.54. The molecule has 1 amide bonds. The minimum absolute atomic E-state index is 0.101. The fourth-order valence-electron chi connectivity index (χ4n) is 0.963. The number of ether oxygens (including phenoxy) is 1. The molecule has 8 nitrogen and oxygen atoms in total. The highest BCUT2D eigenvalue weighted by atomic mass is 16.5. The highest BCUT2D eigenvalue weighted by Crippen LogP contribution is 1.95. The van der Waals surface area contributed by atoms with Gasteiger partial charge in [0.25, 0.3) is 0 Å². The average molecular weight is 247 g/mol. The Labute approximate surface area is 96.6 Å². The number of aliphatic carboxylic acids is 2. The first kappa shape index (κ1) is 14.9. The Morgan fingerprint density at radius 1 is 1.24 bits per heavy atom. The highest BCUT2D eigenvalue weighted by molar-refractivity contribution is 5.96. The molecule has 0 saturated heterocycles. The van der Waals surface area contributed by atoms with Crippen LogP contribution in [0.15, 0.2) is 0 Å². The third-order valence-corrected chi connectivity index (χ3v) is 1.62. The van der Waals surface area contributed by atoms with Gasteiger partial charge >= 0.3 is 17.9 Å². The highest BCUT2D eigenvalue weighted by Gasteiger charge is 2.24. The molecular formula is C9H13NO7. The third-order valence-electron chi connectivity index (χ3n) is 1.62. The van der Waals surface area contributed by atoms with Gasteiger partial charge in [-0.25, -0.2) is 4.79 Å². The van der Waals surface area contributed by atoms with E-state index in [9.17, 15) is 19.2 Å². The van der Waals surface area contributed by atoms with Crippen LogP contribution in [0, 0.1) is 0 Å². The summed E-state index contributed by atoms with van der Waals surface area (Å²) in [5.41, 5.74) is 0. The van der Waals surface area contributed by atoms with Gasteiger partial charge < -0.3 is 20.3 Å². The number of rotatable bonds is 7. The van der Waals surface area contributed by atoms with Crippen LogP contribution in [0.1, 0.15) is 19.8 Å². The minimum Gasteiger partial charge on any atom is -0.481 e. The van der Waals surface area contributed by atoms with Gasteiger partial charge in [0, 0.05) is 0 Å². The maximum Gasteiger partial charge on any atom is 0.326 e. The number of hydrogen-bond acceptors (Lipinski definition) is 5. The second kappa shape index (κ2) is 7.20. The van der Waals surface area contributed by atoms with Crippen molar-refractivity contribution in [2.75, 3.05) is 6.61 Å². The molecule has 0 aromatic heterocycles. The van der Waals surface area contributed by atoms with Crippen molar-refractivity contribution < 1.29 is 34.1 Å². The molecule has 0 aromatic carbocycles. The number of amides is 1. The van der Waals surface area contributed by atoms with Crippen molar-refractivity contribution in [2.45, 2.75) is 25.8 Å². The molecule has 0 radical (unpaired) electrons. The van der Waals surface area contributed by atoms with Gasteiger partial charge in [-0.3, -0.25) is 14.4 Å². The molecule has 0 fully saturated rings. The van der Waals surface area contributed by atoms with E-state index in [4.69, 9.17) is 10.2 Å². The zero-order valence-electron chi connectivity index (χ0n) is 9.13. The lowest BCUT2D eigenvalue weighted by Gasteiger charge is -2.11. The molecule has 0 aromatic rings. The predicted octanol–water partition coefficient (Wildman–Crippen LogP) is -1.02. The molecule has 8 heteroatoms. The van der Waals surface area contributed by atoms with Gasteiger partial charge in [0.05, 0.1) is 13.0 Å². The maximum absolute atomic E-state index is 11.2. The molecule has 0 rings (SSSR count). The lowest BCUT2D eigenvalue weighted by Crippen LogP contribution is -2.42. The van der Waals surface area contributed by atoms with Crippen LogP contribution >= 0.6 is 0 Å². The standard InChI is InChI=1S/C9H13NO7/c1-2-17-8(14)4-6(11)10-5(9(15)16)3-7(12)13/h5H,2-4H2,1H3,(H,10,11)(H,12,13)(H,15,16). The van der Waals surface area contributed by atoms with Gasteiger partial charge in [0.2, 0.25) is 5.91 Å². The summed E-state index contributed by atoms with van der Waals surface area (Å²) < 4.78 is 4.47. The topological polar surface area (TPSA) is 130 Å². The van der Waals surface area contributed by atoms with Crippen molar-refractivity contribution in [1.82, 2.24) is 5.32 Å². The number of carboxylic acid groups (broad SMARTS) is 2. The van der Waals surface area contributed by atoms with Crippen molar-refractivity contribution in [3.05, 3.63) is 0 Å². The van der Waals surface area contributed by atoms with E-state index >= 15 is 0 Å². The summed E-state index contributed by atoms with van der Waals surface area (Å²) in [6, 6.07) is -1.56. The van der Waals surface area contributed by atoms with Crippen molar-refractivity contribution in [2.24, 2.45) is 0 Å². The Hall–Kier alpha value is -2.12. The van der Waals surface area contributed by atoms with Crippen LogP contribution in [0.4, 0.5) is 0 Å². The van der Waals surface area contributed by atoms with Gasteiger partial charge in [-0.2, -0.15) is 0 Å². The molecule has 0 aliphatic rings. The van der Waals surface area contributed by atoms with Crippen LogP contribution in [-0.2, 0) is 23.9 Å². The summed E-state index contributed by atoms with van der Waals surface area (Å²) in [5, 5.41) is 18.9. The molecule has 1 unspecified atom stereocenters. The van der Waals surface area contributed by atoms with Crippen LogP contribution in [0.5, 0.6) is 0 Å². The smallest absolute Gasteiger partial charge is 0.326 e. The fourth-order valence-corrected chi connectivity index (χ4v) is 0.963. The SMILES string of the molecule is CCOC(=O)CC(=O)NC(CC(=O)O)C(=O)O. The second-order valence-electron chi connectivity index (χ2n) is 3.04. The largest absolute Gasteiger partial charge is 0.481 e. The Bertz CT molecular complexity index is 325. The van der Waals surface area contributed by atoms with E-state index in [2.05, 4.69) is 4.74 Å². The summed E-state index contributed by atoms with van der Waals surface area (Å²) in [7, 11) is 0. The molecule has 17 heavy (non-hydrogen) atoms. The molecule has 0 heterocycles. The van der Waals surface area contributed by atoms with Gasteiger partial charge in [-0.15, -0.1) is 0 Å². The number of nitrogens with one attached hydrogen (secondary N) is 1. The average Bonchev–Trinajstić information content (AvgIpc) is 2.15. The molecular weight excluding hydrogens is 234 g/mol. The van der Waals surface area contributed by atoms with Crippen molar-refractivity contribution in [3.8, 4) is 0 Å². The molecule has 1 atom stereocenters. The van der Waals surface area contributed by atoms with E-state index in [0.29, 0.717) is 0 Å². The van der Waals surface area contributed by atoms with Crippen molar-refractivity contribution in [3.63, 3.8) is 0 Å². The summed E-state index contributed by atoms with van der Waals surface area (Å²) in [4.78, 5) is 42.9. The normalized spacial score (nSPS) is 11.4. The van der Waals surface area contributed by atoms with Crippen LogP contribution in [0.25, 0.3) is 0 Å². The number of carbonyl (C=O) groups is 4. The monoisotopic (exact) mass is 247 g/mol. The van der Waals surface area contributed by atoms with Crippen LogP contribution in [0.3, 0.4) is 0 Å². The number of hydrogen-bond donors (Lipinski definition) is 3. The molecule has 0 aliphatic carbocycles. The summed E-state index contributed by atoms with van der Waals surface area (Å²) >= 11 is 0. The van der Waals surface area contributed by atoms with E-state index in [1.54, 1.807) is 6.92 Å². The first-order valence-electron chi connectivity index (χ1n) is 4.76. The predicted molar refractivity (Wildman–Crippen MR) is 53.1 cm³/mol. The first-order chi connectivity index (χ1) is 7.86. The quantitative estimate of drug-likeness (QED) is 0.388. The second-order valence-corrected chi connectivity index (χ2v) is 3.04. The van der Waals surface area contributed by atoms with E-state index < -0.39 is 42.7 Å². The zero-order valence-corrected chi connectivity index (χ0v) is 9.13. The Balaban J connectivity index is 4.26. The molecule has 0 spiro atoms. The van der Waals surface area contributed by atoms with E-state index in [1.807, 2.05) is 5.32 Å². The van der Waals surface area contributed by atoms with E-state index in [-0.39, 0.29) is 6.61 Å². The third kappa shape index (κ3) is 6.88. The van der Waals surface area contributed by atoms with Gasteiger partial charge in [-0.05, 0) is 6.92 Å². The van der Waals surface area contributed by atoms with E-state index in [0.717, 1.165) is 0 Å². The Kier molecular flexibility index (Phi) is 6.30. The number of carboxylic acids is 2. The van der Waals surface area contributed by atoms with Crippen LogP contribution < -0.4 is 5.32 Å². The van der Waals surface area contributed by atoms with E-state index in [1.165, 1.54) is 0 Å². The zero-order chi connectivity index (χ0) is 13.4. The van der Waals surface area contributed by atoms with Gasteiger partial charge in [0.15, 0.2) is 0 Å². The maximum atomic E-state index is 11.2. The summed E-state index contributed by atoms with van der Waals surface area (Å²) in [6.45, 7) is 1.66. The Morgan fingerprint density at radius 2 is 1.82 bits per heavy atom. The first-order valence-corrected chi connectivity index (χ1v) is 4.76. The minimum atomic E-state index is -1.56. The van der Waals surface area contributed by atoms with Crippen molar-refractivity contribution in [1.29, 1.82) is 0 Å². The number of esters is 1. The Morgan fingerprint density at radius 3 is 2.24 bits per heavy atom. The number of carbonyl (C=O) groups excluding carboxylic acids is 2. The van der Waals surface area contributed by atoms with Crippen LogP contribution in [0.2, 0.25) is 0 Å². The lowest BCUT2D eigenvalue weighted by atomic mass is 10.2. The molecule has 0 aliphatic heterocycles. The molecule has 96 valence electrons. The van der Waals surface area contributed by atoms with Crippen LogP contribution in [-0.4, -0.2) is 46.7 Å². The molecule has 0 saturated carbocycles. The fraction of sp³-hybridized carbons (Fsp3) is 0.556. The molecule has 0 bridgehead atoms. The van der Waals surface area contributed by atoms with Gasteiger partial charge in [0.1, 0.15) is 12.5 Å². The van der Waals surface area contributed by atoms with Crippen molar-refractivity contribution >= 4 is 23.8 Å². The lowest BCUT2D eigenvalue weighted by molar-refractivity contribution is -0.149. The molecule has 3 N–H and O–H groups in total.